The summed E-state index contributed by atoms with van der Waals surface area (Å²) in [4.78, 5) is 10.1. The summed E-state index contributed by atoms with van der Waals surface area (Å²) in [6, 6.07) is 0. The van der Waals surface area contributed by atoms with Crippen molar-refractivity contribution in [2.45, 2.75) is 13.3 Å². The molecular formula is C7H11O3S-. The van der Waals surface area contributed by atoms with Crippen molar-refractivity contribution in [3.05, 3.63) is 12.2 Å². The van der Waals surface area contributed by atoms with Gasteiger partial charge < -0.3 is 9.90 Å². The predicted molar refractivity (Wildman–Crippen MR) is 42.3 cm³/mol. The Kier molecular flexibility index (Phi) is 4.77. The molecule has 0 amide bonds. The summed E-state index contributed by atoms with van der Waals surface area (Å²) in [5.74, 6) is -0.331. The number of rotatable bonds is 5. The minimum Gasteiger partial charge on any atom is -0.545 e. The first-order valence-corrected chi connectivity index (χ1v) is 4.80. The van der Waals surface area contributed by atoms with Crippen LogP contribution in [-0.2, 0) is 15.6 Å². The molecule has 0 fully saturated rings. The Balaban J connectivity index is 3.63. The van der Waals surface area contributed by atoms with Crippen molar-refractivity contribution in [2.75, 3.05) is 11.5 Å². The van der Waals surface area contributed by atoms with E-state index < -0.39 is 16.8 Å². The van der Waals surface area contributed by atoms with Gasteiger partial charge in [0.2, 0.25) is 0 Å². The summed E-state index contributed by atoms with van der Waals surface area (Å²) >= 11 is 0. The highest BCUT2D eigenvalue weighted by Crippen LogP contribution is 1.97. The van der Waals surface area contributed by atoms with Gasteiger partial charge in [-0.15, -0.1) is 0 Å². The van der Waals surface area contributed by atoms with E-state index >= 15 is 0 Å². The molecule has 0 aromatic heterocycles. The minimum atomic E-state index is -1.25. The van der Waals surface area contributed by atoms with Crippen LogP contribution >= 0.6 is 0 Å². The molecule has 1 atom stereocenters. The van der Waals surface area contributed by atoms with Gasteiger partial charge in [-0.1, -0.05) is 13.5 Å². The number of carbonyl (C=O) groups excluding carboxylic acids is 1. The molecule has 0 heterocycles. The van der Waals surface area contributed by atoms with E-state index in [1.54, 1.807) is 6.92 Å². The molecule has 0 aliphatic heterocycles. The van der Waals surface area contributed by atoms with Crippen LogP contribution in [-0.4, -0.2) is 21.7 Å². The SMILES string of the molecule is C=C(CCS(=O)CC)C(=O)[O-]. The Morgan fingerprint density at radius 2 is 2.18 bits per heavy atom. The van der Waals surface area contributed by atoms with Crippen molar-refractivity contribution in [1.29, 1.82) is 0 Å². The monoisotopic (exact) mass is 175 g/mol. The van der Waals surface area contributed by atoms with Crippen LogP contribution in [0.3, 0.4) is 0 Å². The molecule has 1 unspecified atom stereocenters. The fourth-order valence-corrected chi connectivity index (χ4v) is 1.25. The predicted octanol–water partition coefficient (Wildman–Crippen LogP) is -0.549. The molecule has 0 saturated carbocycles. The normalized spacial score (nSPS) is 12.5. The molecule has 0 aromatic rings. The summed E-state index contributed by atoms with van der Waals surface area (Å²) in [6.45, 7) is 5.05. The van der Waals surface area contributed by atoms with Crippen LogP contribution in [0.5, 0.6) is 0 Å². The largest absolute Gasteiger partial charge is 0.545 e. The third kappa shape index (κ3) is 4.72. The number of hydrogen-bond donors (Lipinski definition) is 0. The van der Waals surface area contributed by atoms with Gasteiger partial charge in [0, 0.05) is 22.3 Å². The van der Waals surface area contributed by atoms with Crippen molar-refractivity contribution in [3.63, 3.8) is 0 Å². The van der Waals surface area contributed by atoms with Crippen LogP contribution in [0.25, 0.3) is 0 Å². The zero-order valence-corrected chi connectivity index (χ0v) is 7.28. The van der Waals surface area contributed by atoms with Crippen molar-refractivity contribution >= 4 is 16.8 Å². The molecular weight excluding hydrogens is 164 g/mol. The molecule has 0 aromatic carbocycles. The van der Waals surface area contributed by atoms with Crippen LogP contribution in [0.1, 0.15) is 13.3 Å². The van der Waals surface area contributed by atoms with E-state index in [0.717, 1.165) is 0 Å². The summed E-state index contributed by atoms with van der Waals surface area (Å²) in [5, 5.41) is 10.1. The Morgan fingerprint density at radius 3 is 2.55 bits per heavy atom. The van der Waals surface area contributed by atoms with E-state index in [4.69, 9.17) is 0 Å². The van der Waals surface area contributed by atoms with E-state index in [-0.39, 0.29) is 12.0 Å². The fourth-order valence-electron chi connectivity index (χ4n) is 0.483. The van der Waals surface area contributed by atoms with Gasteiger partial charge in [0.05, 0.1) is 5.97 Å². The molecule has 0 N–H and O–H groups in total. The zero-order valence-electron chi connectivity index (χ0n) is 6.46. The molecule has 0 radical (unpaired) electrons. The van der Waals surface area contributed by atoms with Crippen molar-refractivity contribution in [1.82, 2.24) is 0 Å². The van der Waals surface area contributed by atoms with Crippen LogP contribution in [0, 0.1) is 0 Å². The van der Waals surface area contributed by atoms with Crippen molar-refractivity contribution in [2.24, 2.45) is 0 Å². The Morgan fingerprint density at radius 1 is 1.64 bits per heavy atom. The first-order chi connectivity index (χ1) is 5.07. The third-order valence-corrected chi connectivity index (χ3v) is 2.55. The second-order valence-corrected chi connectivity index (χ2v) is 3.94. The Bertz CT molecular complexity index is 186. The van der Waals surface area contributed by atoms with Crippen molar-refractivity contribution < 1.29 is 14.1 Å². The second kappa shape index (κ2) is 5.07. The summed E-state index contributed by atoms with van der Waals surface area (Å²) < 4.78 is 10.8. The van der Waals surface area contributed by atoms with Crippen molar-refractivity contribution in [3.8, 4) is 0 Å². The van der Waals surface area contributed by atoms with Gasteiger partial charge in [0.25, 0.3) is 0 Å². The first kappa shape index (κ1) is 10.4. The lowest BCUT2D eigenvalue weighted by Crippen LogP contribution is -2.24. The average Bonchev–Trinajstić information content (AvgIpc) is 1.99. The summed E-state index contributed by atoms with van der Waals surface area (Å²) in [6.07, 6.45) is 0.253. The van der Waals surface area contributed by atoms with Gasteiger partial charge in [0.1, 0.15) is 0 Å². The van der Waals surface area contributed by atoms with Gasteiger partial charge in [-0.05, 0) is 12.0 Å². The molecule has 11 heavy (non-hydrogen) atoms. The molecule has 3 nitrogen and oxygen atoms in total. The van der Waals surface area contributed by atoms with Gasteiger partial charge in [-0.3, -0.25) is 4.21 Å². The lowest BCUT2D eigenvalue weighted by Gasteiger charge is -2.04. The highest BCUT2D eigenvalue weighted by atomic mass is 32.2. The number of hydrogen-bond acceptors (Lipinski definition) is 3. The average molecular weight is 175 g/mol. The maximum absolute atomic E-state index is 10.8. The summed E-state index contributed by atoms with van der Waals surface area (Å²) in [7, 11) is -0.916. The quantitative estimate of drug-likeness (QED) is 0.527. The minimum absolute atomic E-state index is 0.0202. The van der Waals surface area contributed by atoms with Gasteiger partial charge in [-0.25, -0.2) is 0 Å². The Hall–Kier alpha value is -0.640. The highest BCUT2D eigenvalue weighted by molar-refractivity contribution is 7.84. The molecule has 0 spiro atoms. The first-order valence-electron chi connectivity index (χ1n) is 3.32. The highest BCUT2D eigenvalue weighted by Gasteiger charge is 1.98. The fraction of sp³-hybridized carbons (Fsp3) is 0.571. The van der Waals surface area contributed by atoms with Crippen LogP contribution in [0.15, 0.2) is 12.2 Å². The molecule has 0 aliphatic rings. The lowest BCUT2D eigenvalue weighted by molar-refractivity contribution is -0.299. The number of carboxylic acids is 1. The maximum Gasteiger partial charge on any atom is 0.0669 e. The van der Waals surface area contributed by atoms with Gasteiger partial charge in [0.15, 0.2) is 0 Å². The topological polar surface area (TPSA) is 57.2 Å². The van der Waals surface area contributed by atoms with E-state index in [0.29, 0.717) is 11.5 Å². The summed E-state index contributed by atoms with van der Waals surface area (Å²) in [5.41, 5.74) is 0.0202. The molecule has 4 heteroatoms. The Labute approximate surface area is 68.6 Å². The molecule has 0 bridgehead atoms. The standard InChI is InChI=1S/C7H12O3S/c1-3-11(10)5-4-6(2)7(8)9/h2-5H2,1H3,(H,8,9)/p-1. The maximum atomic E-state index is 10.8. The lowest BCUT2D eigenvalue weighted by atomic mass is 10.2. The van der Waals surface area contributed by atoms with E-state index in [2.05, 4.69) is 6.58 Å². The number of aliphatic carboxylic acids is 1. The zero-order chi connectivity index (χ0) is 8.85. The van der Waals surface area contributed by atoms with E-state index in [9.17, 15) is 14.1 Å². The molecule has 0 rings (SSSR count). The molecule has 64 valence electrons. The van der Waals surface area contributed by atoms with Crippen LogP contribution in [0.2, 0.25) is 0 Å². The number of carboxylic acid groups (broad SMARTS) is 1. The van der Waals surface area contributed by atoms with Gasteiger partial charge >= 0.3 is 0 Å². The third-order valence-electron chi connectivity index (χ3n) is 1.24. The smallest absolute Gasteiger partial charge is 0.0669 e. The molecule has 0 aliphatic carbocycles. The van der Waals surface area contributed by atoms with E-state index in [1.807, 2.05) is 0 Å². The second-order valence-electron chi connectivity index (χ2n) is 2.07. The van der Waals surface area contributed by atoms with E-state index in [1.165, 1.54) is 0 Å². The van der Waals surface area contributed by atoms with Crippen LogP contribution in [0.4, 0.5) is 0 Å². The van der Waals surface area contributed by atoms with Crippen LogP contribution < -0.4 is 5.11 Å². The molecule has 0 saturated heterocycles. The van der Waals surface area contributed by atoms with Gasteiger partial charge in [-0.2, -0.15) is 0 Å². The number of carbonyl (C=O) groups is 1.